The van der Waals surface area contributed by atoms with E-state index in [0.717, 1.165) is 31.0 Å². The number of methoxy groups -OCH3 is 2. The lowest BCUT2D eigenvalue weighted by molar-refractivity contribution is -0.124. The van der Waals surface area contributed by atoms with Crippen molar-refractivity contribution in [3.05, 3.63) is 58.7 Å². The number of hydrogen-bond acceptors (Lipinski definition) is 4. The monoisotopic (exact) mass is 396 g/mol. The van der Waals surface area contributed by atoms with Gasteiger partial charge in [-0.15, -0.1) is 0 Å². The topological polar surface area (TPSA) is 50.8 Å². The van der Waals surface area contributed by atoms with Crippen molar-refractivity contribution in [2.45, 2.75) is 39.8 Å². The van der Waals surface area contributed by atoms with Crippen molar-refractivity contribution >= 4 is 5.91 Å². The molecule has 5 nitrogen and oxygen atoms in total. The molecule has 29 heavy (non-hydrogen) atoms. The number of ether oxygens (including phenoxy) is 2. The summed E-state index contributed by atoms with van der Waals surface area (Å²) in [6, 6.07) is 12.9. The fourth-order valence-corrected chi connectivity index (χ4v) is 3.95. The summed E-state index contributed by atoms with van der Waals surface area (Å²) in [5, 5.41) is 3.13. The third-order valence-corrected chi connectivity index (χ3v) is 5.58. The molecule has 0 radical (unpaired) electrons. The molecule has 0 saturated heterocycles. The number of carbonyl (C=O) groups excluding carboxylic acids is 1. The summed E-state index contributed by atoms with van der Waals surface area (Å²) in [4.78, 5) is 14.7. The molecule has 2 aromatic rings. The fraction of sp³-hybridized carbons (Fsp3) is 0.458. The minimum atomic E-state index is -0.0336. The first-order valence-corrected chi connectivity index (χ1v) is 10.2. The lowest BCUT2D eigenvalue weighted by Crippen LogP contribution is -2.42. The Bertz CT molecular complexity index is 863. The highest BCUT2D eigenvalue weighted by Gasteiger charge is 2.29. The molecule has 0 spiro atoms. The van der Waals surface area contributed by atoms with Gasteiger partial charge in [0.1, 0.15) is 0 Å². The van der Waals surface area contributed by atoms with Gasteiger partial charge < -0.3 is 14.8 Å². The summed E-state index contributed by atoms with van der Waals surface area (Å²) in [6.45, 7) is 8.30. The smallest absolute Gasteiger partial charge is 0.222 e. The summed E-state index contributed by atoms with van der Waals surface area (Å²) in [5.74, 6) is 1.52. The van der Waals surface area contributed by atoms with Crippen LogP contribution >= 0.6 is 0 Å². The van der Waals surface area contributed by atoms with Gasteiger partial charge in [0.15, 0.2) is 11.5 Å². The number of fused-ring (bicyclic) bond motifs is 1. The summed E-state index contributed by atoms with van der Waals surface area (Å²) in [7, 11) is 3.32. The first-order chi connectivity index (χ1) is 13.9. The highest BCUT2D eigenvalue weighted by molar-refractivity contribution is 5.77. The molecule has 0 aliphatic carbocycles. The lowest BCUT2D eigenvalue weighted by Gasteiger charge is -2.38. The van der Waals surface area contributed by atoms with E-state index in [0.29, 0.717) is 6.54 Å². The van der Waals surface area contributed by atoms with Crippen LogP contribution in [0.3, 0.4) is 0 Å². The molecular formula is C24H32N2O3. The molecule has 1 aliphatic rings. The quantitative estimate of drug-likeness (QED) is 0.772. The molecule has 3 rings (SSSR count). The van der Waals surface area contributed by atoms with E-state index in [1.54, 1.807) is 14.2 Å². The summed E-state index contributed by atoms with van der Waals surface area (Å²) in [6.07, 6.45) is 0.941. The Balaban J connectivity index is 1.93. The Kier molecular flexibility index (Phi) is 6.80. The van der Waals surface area contributed by atoms with Gasteiger partial charge >= 0.3 is 0 Å². The number of carbonyl (C=O) groups is 1. The maximum absolute atomic E-state index is 12.3. The molecule has 156 valence electrons. The molecule has 1 N–H and O–H groups in total. The van der Waals surface area contributed by atoms with Gasteiger partial charge in [-0.1, -0.05) is 43.7 Å². The van der Waals surface area contributed by atoms with Gasteiger partial charge in [0.2, 0.25) is 5.91 Å². The zero-order valence-electron chi connectivity index (χ0n) is 18.1. The molecule has 2 aromatic carbocycles. The average molecular weight is 397 g/mol. The Morgan fingerprint density at radius 3 is 2.55 bits per heavy atom. The van der Waals surface area contributed by atoms with Crippen molar-refractivity contribution in [2.24, 2.45) is 5.92 Å². The summed E-state index contributed by atoms with van der Waals surface area (Å²) in [5.41, 5.74) is 5.00. The van der Waals surface area contributed by atoms with Crippen LogP contribution in [0.5, 0.6) is 11.5 Å². The van der Waals surface area contributed by atoms with E-state index in [4.69, 9.17) is 9.47 Å². The van der Waals surface area contributed by atoms with Crippen LogP contribution in [0.1, 0.15) is 42.1 Å². The van der Waals surface area contributed by atoms with Crippen molar-refractivity contribution in [1.29, 1.82) is 0 Å². The van der Waals surface area contributed by atoms with Gasteiger partial charge in [-0.2, -0.15) is 0 Å². The Hall–Kier alpha value is -2.53. The number of nitrogens with zero attached hydrogens (tertiary/aromatic N) is 1. The second-order valence-corrected chi connectivity index (χ2v) is 8.03. The van der Waals surface area contributed by atoms with E-state index in [1.807, 2.05) is 13.8 Å². The van der Waals surface area contributed by atoms with Crippen LogP contribution < -0.4 is 14.8 Å². The van der Waals surface area contributed by atoms with Crippen LogP contribution in [0.2, 0.25) is 0 Å². The third-order valence-electron chi connectivity index (χ3n) is 5.58. The standard InChI is InChI=1S/C24H32N2O3/c1-16(2)24(27)25-14-21-20-13-23(29-5)22(28-4)12-19(20)9-10-26(21)15-18-8-6-7-17(3)11-18/h6-8,11-13,16,21H,9-10,14-15H2,1-5H3,(H,25,27)/t21-/m0/s1. The lowest BCUT2D eigenvalue weighted by atomic mass is 9.91. The molecule has 0 bridgehead atoms. The fourth-order valence-electron chi connectivity index (χ4n) is 3.95. The van der Waals surface area contributed by atoms with Gasteiger partial charge in [-0.05, 0) is 42.2 Å². The first-order valence-electron chi connectivity index (χ1n) is 10.2. The molecule has 0 fully saturated rings. The number of amides is 1. The predicted molar refractivity (Wildman–Crippen MR) is 115 cm³/mol. The maximum Gasteiger partial charge on any atom is 0.222 e. The normalized spacial score (nSPS) is 16.4. The third kappa shape index (κ3) is 4.91. The number of aryl methyl sites for hydroxylation is 1. The van der Waals surface area contributed by atoms with Gasteiger partial charge in [-0.3, -0.25) is 9.69 Å². The zero-order valence-corrected chi connectivity index (χ0v) is 18.1. The zero-order chi connectivity index (χ0) is 21.0. The second kappa shape index (κ2) is 9.31. The van der Waals surface area contributed by atoms with Gasteiger partial charge in [-0.25, -0.2) is 0 Å². The highest BCUT2D eigenvalue weighted by Crippen LogP contribution is 2.38. The second-order valence-electron chi connectivity index (χ2n) is 8.03. The van der Waals surface area contributed by atoms with Crippen LogP contribution in [0, 0.1) is 12.8 Å². The minimum absolute atomic E-state index is 0.0336. The summed E-state index contributed by atoms with van der Waals surface area (Å²) >= 11 is 0. The van der Waals surface area contributed by atoms with Crippen molar-refractivity contribution in [2.75, 3.05) is 27.3 Å². The molecule has 1 aliphatic heterocycles. The molecule has 1 atom stereocenters. The van der Waals surface area contributed by atoms with Gasteiger partial charge in [0, 0.05) is 25.6 Å². The molecular weight excluding hydrogens is 364 g/mol. The van der Waals surface area contributed by atoms with Crippen LogP contribution in [-0.4, -0.2) is 38.1 Å². The molecule has 1 amide bonds. The molecule has 1 heterocycles. The average Bonchev–Trinajstić information content (AvgIpc) is 2.71. The van der Waals surface area contributed by atoms with Crippen LogP contribution in [0.15, 0.2) is 36.4 Å². The Morgan fingerprint density at radius 2 is 1.90 bits per heavy atom. The number of nitrogens with one attached hydrogen (secondary N) is 1. The van der Waals surface area contributed by atoms with Crippen LogP contribution in [0.4, 0.5) is 0 Å². The molecule has 0 aromatic heterocycles. The van der Waals surface area contributed by atoms with E-state index in [9.17, 15) is 4.79 Å². The Labute approximate surface area is 174 Å². The van der Waals surface area contributed by atoms with Crippen molar-refractivity contribution in [1.82, 2.24) is 10.2 Å². The maximum atomic E-state index is 12.3. The number of hydrogen-bond donors (Lipinski definition) is 1. The molecule has 5 heteroatoms. The SMILES string of the molecule is COc1cc2c(cc1OC)[C@H](CNC(=O)C(C)C)N(Cc1cccc(C)c1)CC2. The molecule has 0 saturated carbocycles. The van der Waals surface area contributed by atoms with Crippen molar-refractivity contribution in [3.63, 3.8) is 0 Å². The van der Waals surface area contributed by atoms with Gasteiger partial charge in [0.05, 0.1) is 20.3 Å². The minimum Gasteiger partial charge on any atom is -0.493 e. The van der Waals surface area contributed by atoms with Crippen LogP contribution in [0.25, 0.3) is 0 Å². The summed E-state index contributed by atoms with van der Waals surface area (Å²) < 4.78 is 11.0. The van der Waals surface area contributed by atoms with E-state index < -0.39 is 0 Å². The van der Waals surface area contributed by atoms with Gasteiger partial charge in [0.25, 0.3) is 0 Å². The first kappa shape index (κ1) is 21.2. The van der Waals surface area contributed by atoms with Crippen molar-refractivity contribution < 1.29 is 14.3 Å². The molecule has 0 unspecified atom stereocenters. The predicted octanol–water partition coefficient (Wildman–Crippen LogP) is 3.88. The van der Waals surface area contributed by atoms with E-state index >= 15 is 0 Å². The largest absolute Gasteiger partial charge is 0.493 e. The van der Waals surface area contributed by atoms with E-state index in [1.165, 1.54) is 22.3 Å². The number of benzene rings is 2. The Morgan fingerprint density at radius 1 is 1.17 bits per heavy atom. The van der Waals surface area contributed by atoms with Crippen LogP contribution in [-0.2, 0) is 17.8 Å². The van der Waals surface area contributed by atoms with E-state index in [2.05, 4.69) is 53.5 Å². The van der Waals surface area contributed by atoms with Crippen molar-refractivity contribution in [3.8, 4) is 11.5 Å². The highest BCUT2D eigenvalue weighted by atomic mass is 16.5. The van der Waals surface area contributed by atoms with E-state index in [-0.39, 0.29) is 17.9 Å². The number of rotatable bonds is 7.